The molecule has 0 aromatic heterocycles. The molecule has 1 aliphatic heterocycles. The minimum Gasteiger partial charge on any atom is -0.338 e. The third-order valence-corrected chi connectivity index (χ3v) is 5.38. The van der Waals surface area contributed by atoms with Gasteiger partial charge in [-0.1, -0.05) is 29.3 Å². The van der Waals surface area contributed by atoms with Crippen LogP contribution in [0.5, 0.6) is 0 Å². The van der Waals surface area contributed by atoms with Crippen LogP contribution in [0.25, 0.3) is 0 Å². The first kappa shape index (κ1) is 14.2. The molecule has 20 heavy (non-hydrogen) atoms. The molecule has 1 aliphatic carbocycles. The Bertz CT molecular complexity index is 535. The van der Waals surface area contributed by atoms with E-state index in [1.54, 1.807) is 18.2 Å². The van der Waals surface area contributed by atoms with Crippen molar-refractivity contribution >= 4 is 29.1 Å². The van der Waals surface area contributed by atoms with Crippen molar-refractivity contribution in [2.75, 3.05) is 13.1 Å². The molecule has 3 nitrogen and oxygen atoms in total. The van der Waals surface area contributed by atoms with Gasteiger partial charge in [0.2, 0.25) is 0 Å². The van der Waals surface area contributed by atoms with Crippen molar-refractivity contribution in [3.63, 3.8) is 0 Å². The van der Waals surface area contributed by atoms with Crippen LogP contribution in [-0.4, -0.2) is 29.9 Å². The number of hydrogen-bond donors (Lipinski definition) is 1. The number of hydrogen-bond acceptors (Lipinski definition) is 2. The van der Waals surface area contributed by atoms with E-state index in [9.17, 15) is 4.79 Å². The third-order valence-electron chi connectivity index (χ3n) is 4.56. The predicted molar refractivity (Wildman–Crippen MR) is 81.2 cm³/mol. The van der Waals surface area contributed by atoms with E-state index >= 15 is 0 Å². The maximum absolute atomic E-state index is 12.6. The molecule has 0 spiro atoms. The van der Waals surface area contributed by atoms with Crippen LogP contribution in [0.2, 0.25) is 10.0 Å². The molecule has 3 atom stereocenters. The number of likely N-dealkylation sites (tertiary alicyclic amines) is 1. The fourth-order valence-electron chi connectivity index (χ4n) is 3.47. The highest BCUT2D eigenvalue weighted by atomic mass is 35.5. The standard InChI is InChI=1S/C15H18Cl2N2O/c16-13-3-1-2-12(14(13)17)15(20)19-7-9-4-5-11(18)6-10(9)8-19/h1-3,9-11H,4-8,18H2/t9-,10+,11?/m1/s1. The number of fused-ring (bicyclic) bond motifs is 1. The van der Waals surface area contributed by atoms with Gasteiger partial charge in [-0.15, -0.1) is 0 Å². The molecule has 2 fully saturated rings. The lowest BCUT2D eigenvalue weighted by molar-refractivity contribution is 0.0784. The first-order valence-electron chi connectivity index (χ1n) is 7.05. The monoisotopic (exact) mass is 312 g/mol. The van der Waals surface area contributed by atoms with Gasteiger partial charge in [0.25, 0.3) is 5.91 Å². The number of nitrogens with two attached hydrogens (primary N) is 1. The molecule has 1 saturated carbocycles. The molecule has 108 valence electrons. The van der Waals surface area contributed by atoms with E-state index in [1.807, 2.05) is 4.90 Å². The Morgan fingerprint density at radius 1 is 1.20 bits per heavy atom. The molecular formula is C15H18Cl2N2O. The Kier molecular flexibility index (Phi) is 3.93. The van der Waals surface area contributed by atoms with E-state index in [4.69, 9.17) is 28.9 Å². The Morgan fingerprint density at radius 2 is 1.95 bits per heavy atom. The van der Waals surface area contributed by atoms with E-state index in [-0.39, 0.29) is 5.91 Å². The highest BCUT2D eigenvalue weighted by Crippen LogP contribution is 2.37. The first-order valence-corrected chi connectivity index (χ1v) is 7.80. The summed E-state index contributed by atoms with van der Waals surface area (Å²) in [6.07, 6.45) is 3.22. The lowest BCUT2D eigenvalue weighted by atomic mass is 9.79. The van der Waals surface area contributed by atoms with Gasteiger partial charge in [0.15, 0.2) is 0 Å². The van der Waals surface area contributed by atoms with Crippen LogP contribution in [0.4, 0.5) is 0 Å². The quantitative estimate of drug-likeness (QED) is 0.865. The maximum Gasteiger partial charge on any atom is 0.255 e. The molecule has 1 saturated heterocycles. The largest absolute Gasteiger partial charge is 0.338 e. The molecule has 1 aromatic rings. The second kappa shape index (κ2) is 5.55. The molecular weight excluding hydrogens is 295 g/mol. The lowest BCUT2D eigenvalue weighted by Gasteiger charge is -2.27. The normalized spacial score (nSPS) is 29.4. The zero-order valence-electron chi connectivity index (χ0n) is 11.2. The summed E-state index contributed by atoms with van der Waals surface area (Å²) in [6.45, 7) is 1.61. The van der Waals surface area contributed by atoms with Gasteiger partial charge in [-0.05, 0) is 43.2 Å². The number of amides is 1. The summed E-state index contributed by atoms with van der Waals surface area (Å²) < 4.78 is 0. The van der Waals surface area contributed by atoms with E-state index in [0.717, 1.165) is 32.4 Å². The van der Waals surface area contributed by atoms with Crippen molar-refractivity contribution in [3.8, 4) is 0 Å². The summed E-state index contributed by atoms with van der Waals surface area (Å²) in [5.41, 5.74) is 6.53. The summed E-state index contributed by atoms with van der Waals surface area (Å²) in [4.78, 5) is 14.5. The van der Waals surface area contributed by atoms with Crippen molar-refractivity contribution in [2.45, 2.75) is 25.3 Å². The Morgan fingerprint density at radius 3 is 2.75 bits per heavy atom. The number of benzene rings is 1. The zero-order valence-corrected chi connectivity index (χ0v) is 12.7. The van der Waals surface area contributed by atoms with Gasteiger partial charge < -0.3 is 10.6 Å². The minimum atomic E-state index is -0.0135. The van der Waals surface area contributed by atoms with Crippen molar-refractivity contribution < 1.29 is 4.79 Å². The first-order chi connectivity index (χ1) is 9.56. The molecule has 1 aromatic carbocycles. The van der Waals surface area contributed by atoms with Gasteiger partial charge in [0.1, 0.15) is 0 Å². The number of rotatable bonds is 1. The highest BCUT2D eigenvalue weighted by Gasteiger charge is 2.39. The topological polar surface area (TPSA) is 46.3 Å². The molecule has 1 unspecified atom stereocenters. The molecule has 5 heteroatoms. The van der Waals surface area contributed by atoms with Crippen LogP contribution in [0.3, 0.4) is 0 Å². The van der Waals surface area contributed by atoms with Crippen LogP contribution in [0.1, 0.15) is 29.6 Å². The van der Waals surface area contributed by atoms with Crippen LogP contribution in [0.15, 0.2) is 18.2 Å². The summed E-state index contributed by atoms with van der Waals surface area (Å²) >= 11 is 12.1. The van der Waals surface area contributed by atoms with E-state index in [2.05, 4.69) is 0 Å². The van der Waals surface area contributed by atoms with Crippen LogP contribution >= 0.6 is 23.2 Å². The zero-order chi connectivity index (χ0) is 14.3. The number of carbonyl (C=O) groups excluding carboxylic acids is 1. The molecule has 1 amide bonds. The smallest absolute Gasteiger partial charge is 0.255 e. The molecule has 1 heterocycles. The molecule has 2 aliphatic rings. The summed E-state index contributed by atoms with van der Waals surface area (Å²) in [5, 5.41) is 0.780. The van der Waals surface area contributed by atoms with Gasteiger partial charge in [0, 0.05) is 19.1 Å². The molecule has 2 N–H and O–H groups in total. The Balaban J connectivity index is 1.77. The fraction of sp³-hybridized carbons (Fsp3) is 0.533. The summed E-state index contributed by atoms with van der Waals surface area (Å²) in [6, 6.07) is 5.50. The Hall–Kier alpha value is -0.770. The highest BCUT2D eigenvalue weighted by molar-refractivity contribution is 6.43. The lowest BCUT2D eigenvalue weighted by Crippen LogP contribution is -2.32. The average Bonchev–Trinajstić information content (AvgIpc) is 2.84. The summed E-state index contributed by atoms with van der Waals surface area (Å²) in [5.74, 6) is 1.12. The van der Waals surface area contributed by atoms with Gasteiger partial charge >= 0.3 is 0 Å². The second-order valence-electron chi connectivity index (χ2n) is 5.90. The van der Waals surface area contributed by atoms with Gasteiger partial charge in [-0.2, -0.15) is 0 Å². The SMILES string of the molecule is NC1CC[C@@H]2CN(C(=O)c3cccc(Cl)c3Cl)C[C@@H]2C1. The second-order valence-corrected chi connectivity index (χ2v) is 6.69. The van der Waals surface area contributed by atoms with Crippen LogP contribution in [0, 0.1) is 11.8 Å². The fourth-order valence-corrected chi connectivity index (χ4v) is 3.85. The number of carbonyl (C=O) groups is 1. The predicted octanol–water partition coefficient (Wildman–Crippen LogP) is 3.19. The van der Waals surface area contributed by atoms with E-state index in [1.165, 1.54) is 0 Å². The van der Waals surface area contributed by atoms with E-state index < -0.39 is 0 Å². The van der Waals surface area contributed by atoms with Crippen LogP contribution < -0.4 is 5.73 Å². The number of halogens is 2. The van der Waals surface area contributed by atoms with Crippen molar-refractivity contribution in [3.05, 3.63) is 33.8 Å². The van der Waals surface area contributed by atoms with Gasteiger partial charge in [-0.25, -0.2) is 0 Å². The third kappa shape index (κ3) is 2.54. The van der Waals surface area contributed by atoms with Crippen molar-refractivity contribution in [1.82, 2.24) is 4.90 Å². The summed E-state index contributed by atoms with van der Waals surface area (Å²) in [7, 11) is 0. The number of nitrogens with zero attached hydrogens (tertiary/aromatic N) is 1. The minimum absolute atomic E-state index is 0.0135. The maximum atomic E-state index is 12.6. The van der Waals surface area contributed by atoms with Crippen molar-refractivity contribution in [2.24, 2.45) is 17.6 Å². The van der Waals surface area contributed by atoms with Crippen molar-refractivity contribution in [1.29, 1.82) is 0 Å². The Labute approximate surface area is 129 Å². The van der Waals surface area contributed by atoms with Gasteiger partial charge in [0.05, 0.1) is 15.6 Å². The average molecular weight is 313 g/mol. The molecule has 3 rings (SSSR count). The molecule has 0 bridgehead atoms. The molecule has 0 radical (unpaired) electrons. The van der Waals surface area contributed by atoms with E-state index in [0.29, 0.717) is 33.5 Å². The van der Waals surface area contributed by atoms with Gasteiger partial charge in [-0.3, -0.25) is 4.79 Å². The van der Waals surface area contributed by atoms with Crippen LogP contribution in [-0.2, 0) is 0 Å².